The van der Waals surface area contributed by atoms with E-state index < -0.39 is 0 Å². The highest BCUT2D eigenvalue weighted by Crippen LogP contribution is 2.30. The lowest BCUT2D eigenvalue weighted by atomic mass is 9.91. The van der Waals surface area contributed by atoms with Gasteiger partial charge in [0.2, 0.25) is 0 Å². The van der Waals surface area contributed by atoms with Crippen LogP contribution in [0.25, 0.3) is 16.8 Å². The van der Waals surface area contributed by atoms with Gasteiger partial charge in [-0.3, -0.25) is 0 Å². The number of benzene rings is 1. The van der Waals surface area contributed by atoms with Crippen molar-refractivity contribution in [2.75, 3.05) is 38.1 Å². The van der Waals surface area contributed by atoms with E-state index in [2.05, 4.69) is 63.1 Å². The minimum Gasteiger partial charge on any atom is -0.345 e. The van der Waals surface area contributed by atoms with Crippen LogP contribution in [0.15, 0.2) is 42.6 Å². The zero-order valence-corrected chi connectivity index (χ0v) is 16.2. The van der Waals surface area contributed by atoms with Crippen LogP contribution in [0.3, 0.4) is 0 Å². The summed E-state index contributed by atoms with van der Waals surface area (Å²) in [5, 5.41) is 4.72. The fraction of sp³-hybridized carbons (Fsp3) is 0.429. The Balaban J connectivity index is 1.89. The molecule has 0 radical (unpaired) electrons. The standard InChI is InChI=1S/C21H27N5/c1-21(2,3)18-14-19(25-12-10-24(4)11-13-25)26-20(23-18)17(15-22-26)16-8-6-5-7-9-16/h5-9,14-15H,10-13H2,1-4H3/p+1. The number of hydrogen-bond donors (Lipinski definition) is 1. The number of anilines is 1. The van der Waals surface area contributed by atoms with Crippen molar-refractivity contribution in [1.82, 2.24) is 14.6 Å². The number of quaternary nitrogens is 1. The van der Waals surface area contributed by atoms with Crippen LogP contribution < -0.4 is 9.80 Å². The first-order valence-electron chi connectivity index (χ1n) is 9.44. The molecular weight excluding hydrogens is 322 g/mol. The topological polar surface area (TPSA) is 37.9 Å². The molecule has 1 aliphatic heterocycles. The predicted molar refractivity (Wildman–Crippen MR) is 106 cm³/mol. The molecule has 1 aromatic carbocycles. The van der Waals surface area contributed by atoms with Crippen molar-refractivity contribution in [2.45, 2.75) is 26.2 Å². The first kappa shape index (κ1) is 17.0. The van der Waals surface area contributed by atoms with Gasteiger partial charge in [0.05, 0.1) is 45.1 Å². The van der Waals surface area contributed by atoms with E-state index in [1.165, 1.54) is 0 Å². The Labute approximate surface area is 155 Å². The number of aromatic nitrogens is 3. The van der Waals surface area contributed by atoms with Crippen molar-refractivity contribution in [3.05, 3.63) is 48.3 Å². The second kappa shape index (κ2) is 6.40. The normalized spacial score (nSPS) is 16.4. The molecule has 1 fully saturated rings. The molecular formula is C21H28N5+. The highest BCUT2D eigenvalue weighted by Gasteiger charge is 2.25. The van der Waals surface area contributed by atoms with Gasteiger partial charge >= 0.3 is 0 Å². The van der Waals surface area contributed by atoms with Crippen LogP contribution in [0.2, 0.25) is 0 Å². The molecule has 3 aromatic rings. The van der Waals surface area contributed by atoms with Gasteiger partial charge in [0.1, 0.15) is 5.82 Å². The number of likely N-dealkylation sites (N-methyl/N-ethyl adjacent to an activating group) is 1. The summed E-state index contributed by atoms with van der Waals surface area (Å²) in [5.41, 5.74) is 4.31. The Hall–Kier alpha value is -2.40. The molecule has 5 nitrogen and oxygen atoms in total. The zero-order valence-electron chi connectivity index (χ0n) is 16.2. The number of rotatable bonds is 2. The number of fused-ring (bicyclic) bond motifs is 1. The van der Waals surface area contributed by atoms with Crippen LogP contribution in [0.5, 0.6) is 0 Å². The van der Waals surface area contributed by atoms with Gasteiger partial charge in [-0.1, -0.05) is 51.1 Å². The summed E-state index contributed by atoms with van der Waals surface area (Å²) >= 11 is 0. The molecule has 1 saturated heterocycles. The summed E-state index contributed by atoms with van der Waals surface area (Å²) in [4.78, 5) is 9.07. The van der Waals surface area contributed by atoms with Crippen LogP contribution in [-0.2, 0) is 5.41 Å². The van der Waals surface area contributed by atoms with Crippen molar-refractivity contribution in [3.8, 4) is 11.1 Å². The zero-order chi connectivity index (χ0) is 18.3. The number of nitrogens with zero attached hydrogens (tertiary/aromatic N) is 4. The van der Waals surface area contributed by atoms with E-state index in [0.29, 0.717) is 0 Å². The molecule has 0 aliphatic carbocycles. The van der Waals surface area contributed by atoms with E-state index in [0.717, 1.165) is 54.5 Å². The first-order valence-corrected chi connectivity index (χ1v) is 9.44. The Morgan fingerprint density at radius 2 is 1.73 bits per heavy atom. The molecule has 0 unspecified atom stereocenters. The van der Waals surface area contributed by atoms with E-state index in [1.807, 2.05) is 16.8 Å². The van der Waals surface area contributed by atoms with Crippen molar-refractivity contribution in [3.63, 3.8) is 0 Å². The monoisotopic (exact) mass is 350 g/mol. The van der Waals surface area contributed by atoms with Crippen LogP contribution in [0.1, 0.15) is 26.5 Å². The number of hydrogen-bond acceptors (Lipinski definition) is 3. The quantitative estimate of drug-likeness (QED) is 0.768. The fourth-order valence-electron chi connectivity index (χ4n) is 3.50. The van der Waals surface area contributed by atoms with Gasteiger partial charge in [0.15, 0.2) is 5.65 Å². The molecule has 2 aromatic heterocycles. The van der Waals surface area contributed by atoms with E-state index in [-0.39, 0.29) is 5.41 Å². The minimum absolute atomic E-state index is 0.00738. The number of nitrogens with one attached hydrogen (secondary N) is 1. The van der Waals surface area contributed by atoms with Crippen LogP contribution in [-0.4, -0.2) is 47.8 Å². The second-order valence-electron chi connectivity index (χ2n) is 8.35. The Morgan fingerprint density at radius 3 is 2.38 bits per heavy atom. The van der Waals surface area contributed by atoms with Gasteiger partial charge in [-0.25, -0.2) is 4.98 Å². The van der Waals surface area contributed by atoms with Gasteiger partial charge in [-0.05, 0) is 5.56 Å². The second-order valence-corrected chi connectivity index (χ2v) is 8.35. The molecule has 136 valence electrons. The lowest BCUT2D eigenvalue weighted by molar-refractivity contribution is -0.880. The molecule has 0 bridgehead atoms. The molecule has 0 saturated carbocycles. The number of piperazine rings is 1. The fourth-order valence-corrected chi connectivity index (χ4v) is 3.50. The third-order valence-corrected chi connectivity index (χ3v) is 5.25. The van der Waals surface area contributed by atoms with Crippen molar-refractivity contribution in [1.29, 1.82) is 0 Å². The lowest BCUT2D eigenvalue weighted by Gasteiger charge is -2.32. The summed E-state index contributed by atoms with van der Waals surface area (Å²) < 4.78 is 2.03. The van der Waals surface area contributed by atoms with E-state index in [9.17, 15) is 0 Å². The molecule has 0 spiro atoms. The molecule has 5 heteroatoms. The molecule has 4 rings (SSSR count). The van der Waals surface area contributed by atoms with E-state index in [4.69, 9.17) is 10.1 Å². The van der Waals surface area contributed by atoms with Gasteiger partial charge < -0.3 is 9.80 Å². The summed E-state index contributed by atoms with van der Waals surface area (Å²) in [7, 11) is 2.27. The van der Waals surface area contributed by atoms with Gasteiger partial charge in [-0.15, -0.1) is 0 Å². The maximum absolute atomic E-state index is 5.02. The highest BCUT2D eigenvalue weighted by molar-refractivity contribution is 5.78. The summed E-state index contributed by atoms with van der Waals surface area (Å²) in [6.07, 6.45) is 1.95. The molecule has 3 heterocycles. The van der Waals surface area contributed by atoms with Gasteiger partial charge in [-0.2, -0.15) is 9.61 Å². The Bertz CT molecular complexity index is 899. The Morgan fingerprint density at radius 1 is 1.04 bits per heavy atom. The molecule has 26 heavy (non-hydrogen) atoms. The van der Waals surface area contributed by atoms with E-state index >= 15 is 0 Å². The smallest absolute Gasteiger partial charge is 0.165 e. The van der Waals surface area contributed by atoms with E-state index in [1.54, 1.807) is 4.90 Å². The van der Waals surface area contributed by atoms with Crippen LogP contribution >= 0.6 is 0 Å². The van der Waals surface area contributed by atoms with Gasteiger partial charge in [0, 0.05) is 17.0 Å². The van der Waals surface area contributed by atoms with Crippen molar-refractivity contribution in [2.24, 2.45) is 0 Å². The Kier molecular flexibility index (Phi) is 4.19. The molecule has 1 aliphatic rings. The average Bonchev–Trinajstić information content (AvgIpc) is 3.06. The van der Waals surface area contributed by atoms with Crippen LogP contribution in [0, 0.1) is 0 Å². The maximum atomic E-state index is 5.02. The van der Waals surface area contributed by atoms with Crippen molar-refractivity contribution >= 4 is 11.5 Å². The molecule has 0 amide bonds. The largest absolute Gasteiger partial charge is 0.345 e. The van der Waals surface area contributed by atoms with Crippen LogP contribution in [0.4, 0.5) is 5.82 Å². The predicted octanol–water partition coefficient (Wildman–Crippen LogP) is 2.03. The average molecular weight is 350 g/mol. The molecule has 0 atom stereocenters. The third kappa shape index (κ3) is 3.07. The SMILES string of the molecule is C[NH+]1CCN(c2cc(C(C)(C)C)nc3c(-c4ccccc4)cnn23)CC1. The summed E-state index contributed by atoms with van der Waals surface area (Å²) in [6, 6.07) is 12.7. The minimum atomic E-state index is -0.00738. The van der Waals surface area contributed by atoms with Crippen molar-refractivity contribution < 1.29 is 4.90 Å². The first-order chi connectivity index (χ1) is 12.4. The third-order valence-electron chi connectivity index (χ3n) is 5.25. The highest BCUT2D eigenvalue weighted by atomic mass is 15.4. The summed E-state index contributed by atoms with van der Waals surface area (Å²) in [6.45, 7) is 11.1. The lowest BCUT2D eigenvalue weighted by Crippen LogP contribution is -3.12. The summed E-state index contributed by atoms with van der Waals surface area (Å²) in [5.74, 6) is 1.16. The van der Waals surface area contributed by atoms with Gasteiger partial charge in [0.25, 0.3) is 0 Å². The molecule has 1 N–H and O–H groups in total. The maximum Gasteiger partial charge on any atom is 0.165 e.